The summed E-state index contributed by atoms with van der Waals surface area (Å²) in [7, 11) is 1.66. The number of amidine groups is 1. The van der Waals surface area contributed by atoms with E-state index in [1.807, 2.05) is 18.4 Å². The minimum atomic E-state index is -0.379. The van der Waals surface area contributed by atoms with Crippen LogP contribution in [0.2, 0.25) is 0 Å². The lowest BCUT2D eigenvalue weighted by Gasteiger charge is -2.35. The Morgan fingerprint density at radius 3 is 2.33 bits per heavy atom. The maximum atomic E-state index is 10.8. The SMILES string of the molecule is COc1ccc(CN2CN(Cc3ccc([N+](=O)[O-])cc3)CN=C2SC)cc1. The van der Waals surface area contributed by atoms with Crippen LogP contribution in [-0.2, 0) is 13.1 Å². The second-order valence-electron chi connectivity index (χ2n) is 6.23. The van der Waals surface area contributed by atoms with Crippen LogP contribution in [0, 0.1) is 10.1 Å². The molecule has 0 fully saturated rings. The molecule has 0 saturated carbocycles. The number of hydrogen-bond donors (Lipinski definition) is 0. The van der Waals surface area contributed by atoms with Gasteiger partial charge in [0, 0.05) is 25.2 Å². The summed E-state index contributed by atoms with van der Waals surface area (Å²) in [5, 5.41) is 11.8. The first-order chi connectivity index (χ1) is 13.1. The molecule has 1 heterocycles. The second-order valence-corrected chi connectivity index (χ2v) is 7.00. The van der Waals surface area contributed by atoms with Crippen LogP contribution in [0.15, 0.2) is 53.5 Å². The van der Waals surface area contributed by atoms with Gasteiger partial charge in [-0.25, -0.2) is 4.99 Å². The van der Waals surface area contributed by atoms with E-state index in [2.05, 4.69) is 26.9 Å². The first-order valence-electron chi connectivity index (χ1n) is 8.51. The van der Waals surface area contributed by atoms with Gasteiger partial charge >= 0.3 is 0 Å². The monoisotopic (exact) mass is 386 g/mol. The van der Waals surface area contributed by atoms with Crippen LogP contribution in [0.4, 0.5) is 5.69 Å². The summed E-state index contributed by atoms with van der Waals surface area (Å²) < 4.78 is 5.22. The number of aliphatic imine (C=N–C) groups is 1. The highest BCUT2D eigenvalue weighted by Crippen LogP contribution is 2.20. The van der Waals surface area contributed by atoms with Crippen LogP contribution in [0.1, 0.15) is 11.1 Å². The van der Waals surface area contributed by atoms with Crippen molar-refractivity contribution >= 4 is 22.6 Å². The third-order valence-electron chi connectivity index (χ3n) is 4.32. The fraction of sp³-hybridized carbons (Fsp3) is 0.316. The molecule has 2 aromatic rings. The van der Waals surface area contributed by atoms with Crippen molar-refractivity contribution in [3.63, 3.8) is 0 Å². The number of non-ortho nitro benzene ring substituents is 1. The maximum Gasteiger partial charge on any atom is 0.269 e. The van der Waals surface area contributed by atoms with Gasteiger partial charge < -0.3 is 9.64 Å². The highest BCUT2D eigenvalue weighted by atomic mass is 32.2. The third-order valence-corrected chi connectivity index (χ3v) is 5.07. The van der Waals surface area contributed by atoms with E-state index in [-0.39, 0.29) is 10.6 Å². The smallest absolute Gasteiger partial charge is 0.269 e. The Morgan fingerprint density at radius 1 is 1.11 bits per heavy atom. The van der Waals surface area contributed by atoms with Gasteiger partial charge in [0.15, 0.2) is 5.17 Å². The lowest BCUT2D eigenvalue weighted by atomic mass is 10.2. The third kappa shape index (κ3) is 4.99. The minimum Gasteiger partial charge on any atom is -0.497 e. The summed E-state index contributed by atoms with van der Waals surface area (Å²) in [5.41, 5.74) is 2.34. The first kappa shape index (κ1) is 19.2. The zero-order chi connectivity index (χ0) is 19.2. The molecule has 0 unspecified atom stereocenters. The minimum absolute atomic E-state index is 0.112. The van der Waals surface area contributed by atoms with E-state index in [0.717, 1.165) is 29.7 Å². The molecule has 0 radical (unpaired) electrons. The van der Waals surface area contributed by atoms with Gasteiger partial charge in [0.25, 0.3) is 5.69 Å². The van der Waals surface area contributed by atoms with Gasteiger partial charge in [-0.3, -0.25) is 15.0 Å². The fourth-order valence-corrected chi connectivity index (χ4v) is 3.52. The van der Waals surface area contributed by atoms with Crippen molar-refractivity contribution in [1.29, 1.82) is 0 Å². The molecular weight excluding hydrogens is 364 g/mol. The van der Waals surface area contributed by atoms with E-state index in [1.165, 1.54) is 5.56 Å². The molecule has 3 rings (SSSR count). The lowest BCUT2D eigenvalue weighted by molar-refractivity contribution is -0.384. The Morgan fingerprint density at radius 2 is 1.74 bits per heavy atom. The summed E-state index contributed by atoms with van der Waals surface area (Å²) in [5.74, 6) is 0.843. The van der Waals surface area contributed by atoms with Gasteiger partial charge in [-0.05, 0) is 29.5 Å². The van der Waals surface area contributed by atoms with Gasteiger partial charge in [-0.2, -0.15) is 0 Å². The van der Waals surface area contributed by atoms with Crippen LogP contribution >= 0.6 is 11.8 Å². The van der Waals surface area contributed by atoms with Crippen molar-refractivity contribution in [2.75, 3.05) is 26.7 Å². The molecule has 0 aromatic heterocycles. The topological polar surface area (TPSA) is 71.2 Å². The van der Waals surface area contributed by atoms with Crippen molar-refractivity contribution in [3.05, 3.63) is 69.8 Å². The van der Waals surface area contributed by atoms with E-state index in [9.17, 15) is 10.1 Å². The average Bonchev–Trinajstić information content (AvgIpc) is 2.69. The molecule has 7 nitrogen and oxygen atoms in total. The molecule has 0 bridgehead atoms. The first-order valence-corrected chi connectivity index (χ1v) is 9.73. The van der Waals surface area contributed by atoms with Crippen molar-refractivity contribution in [3.8, 4) is 5.75 Å². The van der Waals surface area contributed by atoms with Crippen LogP contribution in [0.25, 0.3) is 0 Å². The Balaban J connectivity index is 1.66. The zero-order valence-corrected chi connectivity index (χ0v) is 16.2. The van der Waals surface area contributed by atoms with Gasteiger partial charge in [0.05, 0.1) is 25.4 Å². The lowest BCUT2D eigenvalue weighted by Crippen LogP contribution is -2.44. The zero-order valence-electron chi connectivity index (χ0n) is 15.4. The highest BCUT2D eigenvalue weighted by molar-refractivity contribution is 8.13. The van der Waals surface area contributed by atoms with Gasteiger partial charge in [0.2, 0.25) is 0 Å². The van der Waals surface area contributed by atoms with E-state index in [1.54, 1.807) is 43.1 Å². The Labute approximate surface area is 162 Å². The molecule has 0 aliphatic carbocycles. The van der Waals surface area contributed by atoms with E-state index >= 15 is 0 Å². The number of thioether (sulfide) groups is 1. The molecule has 1 aliphatic rings. The molecule has 2 aromatic carbocycles. The number of nitrogens with zero attached hydrogens (tertiary/aromatic N) is 4. The van der Waals surface area contributed by atoms with Crippen LogP contribution in [-0.4, -0.2) is 46.6 Å². The molecule has 0 spiro atoms. The van der Waals surface area contributed by atoms with Crippen molar-refractivity contribution in [2.24, 2.45) is 4.99 Å². The summed E-state index contributed by atoms with van der Waals surface area (Å²) in [6.07, 6.45) is 2.03. The molecule has 142 valence electrons. The summed E-state index contributed by atoms with van der Waals surface area (Å²) in [6.45, 7) is 2.83. The number of ether oxygens (including phenoxy) is 1. The number of benzene rings is 2. The van der Waals surface area contributed by atoms with Crippen molar-refractivity contribution in [1.82, 2.24) is 9.80 Å². The molecule has 0 N–H and O–H groups in total. The molecule has 1 aliphatic heterocycles. The predicted molar refractivity (Wildman–Crippen MR) is 108 cm³/mol. The molecule has 0 amide bonds. The average molecular weight is 386 g/mol. The maximum absolute atomic E-state index is 10.8. The highest BCUT2D eigenvalue weighted by Gasteiger charge is 2.20. The van der Waals surface area contributed by atoms with Crippen molar-refractivity contribution < 1.29 is 9.66 Å². The Bertz CT molecular complexity index is 809. The van der Waals surface area contributed by atoms with Gasteiger partial charge in [-0.1, -0.05) is 36.0 Å². The fourth-order valence-electron chi connectivity index (χ4n) is 2.95. The normalized spacial score (nSPS) is 14.7. The quantitative estimate of drug-likeness (QED) is 0.558. The molecule has 27 heavy (non-hydrogen) atoms. The number of hydrogen-bond acceptors (Lipinski definition) is 7. The van der Waals surface area contributed by atoms with Gasteiger partial charge in [-0.15, -0.1) is 0 Å². The number of methoxy groups -OCH3 is 1. The van der Waals surface area contributed by atoms with Crippen LogP contribution in [0.5, 0.6) is 5.75 Å². The Kier molecular flexibility index (Phi) is 6.31. The van der Waals surface area contributed by atoms with E-state index in [0.29, 0.717) is 13.2 Å². The number of rotatable bonds is 6. The molecule has 0 saturated heterocycles. The number of nitro benzene ring substituents is 1. The summed E-state index contributed by atoms with van der Waals surface area (Å²) >= 11 is 1.64. The second kappa shape index (κ2) is 8.88. The van der Waals surface area contributed by atoms with E-state index in [4.69, 9.17) is 4.74 Å². The number of nitro groups is 1. The standard InChI is InChI=1S/C19H22N4O3S/c1-26-18-9-5-16(6-10-18)12-22-14-21(13-20-19(22)27-2)11-15-3-7-17(8-4-15)23(24)25/h3-10H,11-14H2,1-2H3. The van der Waals surface area contributed by atoms with Gasteiger partial charge in [0.1, 0.15) is 5.75 Å². The van der Waals surface area contributed by atoms with E-state index < -0.39 is 0 Å². The molecule has 8 heteroatoms. The summed E-state index contributed by atoms with van der Waals surface area (Å²) in [4.78, 5) is 19.5. The largest absolute Gasteiger partial charge is 0.497 e. The Hall–Kier alpha value is -2.58. The van der Waals surface area contributed by atoms with Crippen molar-refractivity contribution in [2.45, 2.75) is 13.1 Å². The predicted octanol–water partition coefficient (Wildman–Crippen LogP) is 3.56. The molecule has 0 atom stereocenters. The van der Waals surface area contributed by atoms with Crippen LogP contribution in [0.3, 0.4) is 0 Å². The molecular formula is C19H22N4O3S. The summed E-state index contributed by atoms with van der Waals surface area (Å²) in [6, 6.07) is 14.8. The van der Waals surface area contributed by atoms with Crippen LogP contribution < -0.4 is 4.74 Å².